The largest absolute Gasteiger partial charge is 0.287 e. The molecule has 4 nitrogen and oxygen atoms in total. The van der Waals surface area contributed by atoms with E-state index in [1.54, 1.807) is 0 Å². The molecule has 0 aromatic heterocycles. The molecule has 0 bridgehead atoms. The Morgan fingerprint density at radius 2 is 1.73 bits per heavy atom. The summed E-state index contributed by atoms with van der Waals surface area (Å²) in [6.07, 6.45) is 2.40. The van der Waals surface area contributed by atoms with Gasteiger partial charge in [0.15, 0.2) is 11.1 Å². The van der Waals surface area contributed by atoms with Crippen molar-refractivity contribution in [2.45, 2.75) is 25.9 Å². The smallest absolute Gasteiger partial charge is 0.152 e. The zero-order valence-electron chi connectivity index (χ0n) is 8.84. The summed E-state index contributed by atoms with van der Waals surface area (Å²) in [5.41, 5.74) is 0. The van der Waals surface area contributed by atoms with E-state index in [0.717, 1.165) is 0 Å². The molecule has 0 heterocycles. The average Bonchev–Trinajstić information content (AvgIpc) is 2.19. The van der Waals surface area contributed by atoms with Crippen molar-refractivity contribution in [2.75, 3.05) is 6.26 Å². The lowest BCUT2D eigenvalue weighted by Crippen LogP contribution is -2.34. The van der Waals surface area contributed by atoms with Gasteiger partial charge >= 0.3 is 0 Å². The fourth-order valence-electron chi connectivity index (χ4n) is 1.98. The van der Waals surface area contributed by atoms with Crippen molar-refractivity contribution in [1.29, 1.82) is 10.5 Å². The predicted octanol–water partition coefficient (Wildman–Crippen LogP) is 1.37. The topological polar surface area (TPSA) is 73.9 Å². The van der Waals surface area contributed by atoms with Crippen LogP contribution in [-0.4, -0.2) is 16.6 Å². The van der Waals surface area contributed by atoms with Gasteiger partial charge in [0.05, 0.1) is 30.1 Å². The Bertz CT molecular complexity index is 307. The molecule has 1 rings (SSSR count). The van der Waals surface area contributed by atoms with Gasteiger partial charge in [0.2, 0.25) is 0 Å². The summed E-state index contributed by atoms with van der Waals surface area (Å²) < 4.78 is 16.1. The summed E-state index contributed by atoms with van der Waals surface area (Å²) in [6, 6.07) is 4.38. The monoisotopic (exact) mass is 226 g/mol. The lowest BCUT2D eigenvalue weighted by molar-refractivity contribution is 0.101. The molecule has 0 aromatic rings. The van der Waals surface area contributed by atoms with Gasteiger partial charge in [-0.05, 0) is 18.8 Å². The summed E-state index contributed by atoms with van der Waals surface area (Å²) in [5.74, 6) is -0.265. The van der Waals surface area contributed by atoms with Gasteiger partial charge in [0.1, 0.15) is 0 Å². The van der Waals surface area contributed by atoms with Crippen molar-refractivity contribution in [1.82, 2.24) is 0 Å². The third-order valence-corrected chi connectivity index (χ3v) is 3.45. The quantitative estimate of drug-likeness (QED) is 0.712. The van der Waals surface area contributed by atoms with Crippen LogP contribution in [0.3, 0.4) is 0 Å². The van der Waals surface area contributed by atoms with E-state index in [-0.39, 0.29) is 23.9 Å². The van der Waals surface area contributed by atoms with Gasteiger partial charge < -0.3 is 0 Å². The van der Waals surface area contributed by atoms with E-state index in [9.17, 15) is 4.21 Å². The zero-order chi connectivity index (χ0) is 11.4. The van der Waals surface area contributed by atoms with Crippen molar-refractivity contribution in [3.05, 3.63) is 0 Å². The first kappa shape index (κ1) is 12.2. The fourth-order valence-corrected chi connectivity index (χ4v) is 2.52. The van der Waals surface area contributed by atoms with Crippen LogP contribution in [0.15, 0.2) is 0 Å². The molecule has 0 aliphatic heterocycles. The van der Waals surface area contributed by atoms with Crippen LogP contribution in [-0.2, 0) is 15.3 Å². The Kier molecular flexibility index (Phi) is 4.26. The van der Waals surface area contributed by atoms with Crippen LogP contribution in [0.5, 0.6) is 0 Å². The van der Waals surface area contributed by atoms with Crippen molar-refractivity contribution in [2.24, 2.45) is 17.8 Å². The zero-order valence-corrected chi connectivity index (χ0v) is 9.66. The highest BCUT2D eigenvalue weighted by Gasteiger charge is 2.36. The minimum atomic E-state index is -1.33. The molecule has 0 saturated heterocycles. The van der Waals surface area contributed by atoms with E-state index in [0.29, 0.717) is 12.8 Å². The predicted molar refractivity (Wildman–Crippen MR) is 55.5 cm³/mol. The highest BCUT2D eigenvalue weighted by Crippen LogP contribution is 2.35. The third-order valence-electron chi connectivity index (χ3n) is 2.91. The van der Waals surface area contributed by atoms with Crippen LogP contribution in [0.2, 0.25) is 0 Å². The van der Waals surface area contributed by atoms with Crippen LogP contribution in [0.4, 0.5) is 0 Å². The van der Waals surface area contributed by atoms with Gasteiger partial charge in [-0.15, -0.1) is 0 Å². The van der Waals surface area contributed by atoms with Crippen LogP contribution in [0.1, 0.15) is 19.8 Å². The third kappa shape index (κ3) is 3.02. The fraction of sp³-hybridized carbons (Fsp3) is 0.800. The van der Waals surface area contributed by atoms with E-state index >= 15 is 0 Å². The molecular weight excluding hydrogens is 212 g/mol. The molecule has 1 fully saturated rings. The number of nitriles is 2. The molecular formula is C10H14N2O2S. The maximum atomic E-state index is 10.9. The minimum Gasteiger partial charge on any atom is -0.287 e. The summed E-state index contributed by atoms with van der Waals surface area (Å²) in [4.78, 5) is 0. The highest BCUT2D eigenvalue weighted by molar-refractivity contribution is 7.79. The molecule has 0 radical (unpaired) electrons. The first-order valence-corrected chi connectivity index (χ1v) is 6.36. The van der Waals surface area contributed by atoms with Crippen molar-refractivity contribution < 1.29 is 8.39 Å². The highest BCUT2D eigenvalue weighted by atomic mass is 32.2. The molecule has 1 saturated carbocycles. The lowest BCUT2D eigenvalue weighted by Gasteiger charge is -2.32. The number of rotatable bonds is 2. The standard InChI is InChI=1S/C10H14N2O2S/c1-7-8(5-11)3-10(14-15(2)13)4-9(7)6-12/h7-10H,3-4H2,1-2H3. The minimum absolute atomic E-state index is 0.0742. The van der Waals surface area contributed by atoms with Gasteiger partial charge in [0.25, 0.3) is 0 Å². The average molecular weight is 226 g/mol. The molecule has 15 heavy (non-hydrogen) atoms. The second-order valence-electron chi connectivity index (χ2n) is 3.92. The number of hydrogen-bond acceptors (Lipinski definition) is 4. The molecule has 0 aromatic carbocycles. The van der Waals surface area contributed by atoms with Gasteiger partial charge in [-0.2, -0.15) is 10.5 Å². The molecule has 0 N–H and O–H groups in total. The van der Waals surface area contributed by atoms with E-state index in [1.165, 1.54) is 6.26 Å². The summed E-state index contributed by atoms with van der Waals surface area (Å²) in [6.45, 7) is 1.92. The van der Waals surface area contributed by atoms with Crippen molar-refractivity contribution in [3.8, 4) is 12.1 Å². The SMILES string of the molecule is CC1C(C#N)CC(OS(C)=O)CC1C#N. The van der Waals surface area contributed by atoms with Crippen molar-refractivity contribution >= 4 is 11.1 Å². The van der Waals surface area contributed by atoms with E-state index in [1.807, 2.05) is 6.92 Å². The molecule has 0 amide bonds. The second-order valence-corrected chi connectivity index (χ2v) is 4.92. The summed E-state index contributed by atoms with van der Waals surface area (Å²) in [5, 5.41) is 17.9. The number of nitrogens with zero attached hydrogens (tertiary/aromatic N) is 2. The molecule has 82 valence electrons. The number of hydrogen-bond donors (Lipinski definition) is 0. The van der Waals surface area contributed by atoms with E-state index in [4.69, 9.17) is 14.7 Å². The van der Waals surface area contributed by atoms with Crippen LogP contribution in [0, 0.1) is 40.4 Å². The first-order chi connectivity index (χ1) is 7.08. The molecule has 1 aliphatic carbocycles. The molecule has 0 spiro atoms. The first-order valence-electron chi connectivity index (χ1n) is 4.88. The molecule has 3 atom stereocenters. The lowest BCUT2D eigenvalue weighted by atomic mass is 9.73. The van der Waals surface area contributed by atoms with Crippen LogP contribution >= 0.6 is 0 Å². The maximum Gasteiger partial charge on any atom is 0.152 e. The van der Waals surface area contributed by atoms with Gasteiger partial charge in [-0.3, -0.25) is 4.18 Å². The second kappa shape index (κ2) is 5.25. The Morgan fingerprint density at radius 3 is 2.07 bits per heavy atom. The maximum absolute atomic E-state index is 10.9. The van der Waals surface area contributed by atoms with Gasteiger partial charge in [-0.1, -0.05) is 6.92 Å². The Morgan fingerprint density at radius 1 is 1.27 bits per heavy atom. The Hall–Kier alpha value is -0.910. The summed E-state index contributed by atoms with van der Waals surface area (Å²) in [7, 11) is 0. The molecule has 5 heteroatoms. The van der Waals surface area contributed by atoms with Crippen LogP contribution < -0.4 is 0 Å². The van der Waals surface area contributed by atoms with E-state index in [2.05, 4.69) is 12.1 Å². The van der Waals surface area contributed by atoms with E-state index < -0.39 is 11.1 Å². The summed E-state index contributed by atoms with van der Waals surface area (Å²) >= 11 is -1.33. The van der Waals surface area contributed by atoms with Gasteiger partial charge in [-0.25, -0.2) is 4.21 Å². The van der Waals surface area contributed by atoms with Crippen molar-refractivity contribution in [3.63, 3.8) is 0 Å². The van der Waals surface area contributed by atoms with Gasteiger partial charge in [0, 0.05) is 6.26 Å². The van der Waals surface area contributed by atoms with Crippen LogP contribution in [0.25, 0.3) is 0 Å². The normalized spacial score (nSPS) is 37.6. The Balaban J connectivity index is 2.70. The molecule has 3 unspecified atom stereocenters. The Labute approximate surface area is 92.5 Å². The molecule has 1 aliphatic rings.